The van der Waals surface area contributed by atoms with E-state index in [4.69, 9.17) is 23.3 Å². The fourth-order valence-electron chi connectivity index (χ4n) is 3.15. The quantitative estimate of drug-likeness (QED) is 0.409. The van der Waals surface area contributed by atoms with Crippen molar-refractivity contribution in [3.05, 3.63) is 47.5 Å². The van der Waals surface area contributed by atoms with Crippen LogP contribution in [0.5, 0.6) is 17.2 Å². The third-order valence-electron chi connectivity index (χ3n) is 4.39. The average Bonchev–Trinajstić information content (AvgIpc) is 2.70. The third-order valence-corrected chi connectivity index (χ3v) is 6.88. The highest BCUT2D eigenvalue weighted by molar-refractivity contribution is 7.54. The summed E-state index contributed by atoms with van der Waals surface area (Å²) < 4.78 is 42.4. The maximum absolute atomic E-state index is 14.1. The van der Waals surface area contributed by atoms with E-state index in [1.165, 1.54) is 21.3 Å². The van der Waals surface area contributed by atoms with Crippen molar-refractivity contribution in [2.24, 2.45) is 0 Å². The lowest BCUT2D eigenvalue weighted by Gasteiger charge is -2.31. The van der Waals surface area contributed by atoms with E-state index in [0.717, 1.165) is 11.3 Å². The molecule has 0 aromatic heterocycles. The molecular formula is C23H34NO6P. The van der Waals surface area contributed by atoms with Gasteiger partial charge in [-0.2, -0.15) is 0 Å². The minimum Gasteiger partial charge on any atom is -0.493 e. The molecule has 0 heterocycles. The molecule has 0 radical (unpaired) electrons. The molecule has 2 rings (SSSR count). The maximum Gasteiger partial charge on any atom is 0.357 e. The highest BCUT2D eigenvalue weighted by atomic mass is 31.2. The second-order valence-electron chi connectivity index (χ2n) is 7.72. The van der Waals surface area contributed by atoms with Gasteiger partial charge in [-0.15, -0.1) is 0 Å². The van der Waals surface area contributed by atoms with Gasteiger partial charge in [0.25, 0.3) is 0 Å². The van der Waals surface area contributed by atoms with Crippen LogP contribution in [0.4, 0.5) is 5.69 Å². The molecule has 0 saturated heterocycles. The van der Waals surface area contributed by atoms with Crippen molar-refractivity contribution in [2.75, 3.05) is 26.6 Å². The van der Waals surface area contributed by atoms with Gasteiger partial charge >= 0.3 is 7.60 Å². The van der Waals surface area contributed by atoms with Crippen LogP contribution in [0.1, 0.15) is 44.6 Å². The number of anilines is 1. The Morgan fingerprint density at radius 3 is 1.68 bits per heavy atom. The Labute approximate surface area is 185 Å². The van der Waals surface area contributed by atoms with Gasteiger partial charge in [0.05, 0.1) is 33.5 Å². The van der Waals surface area contributed by atoms with Crippen molar-refractivity contribution in [1.82, 2.24) is 0 Å². The second kappa shape index (κ2) is 10.9. The molecule has 0 aliphatic heterocycles. The Bertz CT molecular complexity index is 858. The number of methoxy groups -OCH3 is 3. The topological polar surface area (TPSA) is 75.3 Å². The summed E-state index contributed by atoms with van der Waals surface area (Å²) in [7, 11) is 0.930. The first kappa shape index (κ1) is 25.1. The largest absolute Gasteiger partial charge is 0.493 e. The van der Waals surface area contributed by atoms with Gasteiger partial charge in [-0.05, 0) is 64.4 Å². The first-order chi connectivity index (χ1) is 14.6. The molecule has 1 atom stereocenters. The smallest absolute Gasteiger partial charge is 0.357 e. The van der Waals surface area contributed by atoms with Crippen molar-refractivity contribution < 1.29 is 27.8 Å². The second-order valence-corrected chi connectivity index (χ2v) is 9.74. The number of nitrogens with one attached hydrogen (secondary N) is 1. The van der Waals surface area contributed by atoms with Crippen LogP contribution in [0.3, 0.4) is 0 Å². The predicted molar refractivity (Wildman–Crippen MR) is 124 cm³/mol. The van der Waals surface area contributed by atoms with Gasteiger partial charge < -0.3 is 28.6 Å². The van der Waals surface area contributed by atoms with Gasteiger partial charge in [0.2, 0.25) is 5.75 Å². The van der Waals surface area contributed by atoms with E-state index in [-0.39, 0.29) is 12.2 Å². The fraction of sp³-hybridized carbons (Fsp3) is 0.478. The monoisotopic (exact) mass is 451 g/mol. The van der Waals surface area contributed by atoms with Gasteiger partial charge in [-0.25, -0.2) is 0 Å². The third kappa shape index (κ3) is 6.39. The first-order valence-electron chi connectivity index (χ1n) is 10.2. The van der Waals surface area contributed by atoms with Crippen LogP contribution < -0.4 is 19.5 Å². The Morgan fingerprint density at radius 1 is 0.806 bits per heavy atom. The van der Waals surface area contributed by atoms with E-state index in [1.54, 1.807) is 12.1 Å². The molecule has 31 heavy (non-hydrogen) atoms. The van der Waals surface area contributed by atoms with Crippen LogP contribution in [0.2, 0.25) is 0 Å². The van der Waals surface area contributed by atoms with E-state index in [9.17, 15) is 4.57 Å². The molecule has 0 bridgehead atoms. The Hall–Kier alpha value is -2.21. The lowest BCUT2D eigenvalue weighted by atomic mass is 10.1. The van der Waals surface area contributed by atoms with Gasteiger partial charge in [0, 0.05) is 5.69 Å². The molecule has 0 fully saturated rings. The Morgan fingerprint density at radius 2 is 1.29 bits per heavy atom. The number of aryl methyl sites for hydroxylation is 1. The van der Waals surface area contributed by atoms with Crippen molar-refractivity contribution >= 4 is 13.3 Å². The molecule has 8 heteroatoms. The lowest BCUT2D eigenvalue weighted by Crippen LogP contribution is -2.19. The van der Waals surface area contributed by atoms with E-state index < -0.39 is 13.4 Å². The summed E-state index contributed by atoms with van der Waals surface area (Å²) in [5.74, 6) is 0.544. The van der Waals surface area contributed by atoms with E-state index in [0.29, 0.717) is 22.8 Å². The first-order valence-corrected chi connectivity index (χ1v) is 11.8. The van der Waals surface area contributed by atoms with Crippen LogP contribution in [0.25, 0.3) is 0 Å². The molecule has 2 aromatic carbocycles. The highest BCUT2D eigenvalue weighted by Gasteiger charge is 2.40. The normalized spacial score (nSPS) is 12.7. The van der Waals surface area contributed by atoms with E-state index in [2.05, 4.69) is 5.32 Å². The SMILES string of the molecule is COc1cc(C(Nc2ccc(C)cc2)P(=O)(OC(C)C)OC(C)C)cc(OC)c1OC. The molecule has 172 valence electrons. The van der Waals surface area contributed by atoms with Gasteiger partial charge in [-0.3, -0.25) is 4.57 Å². The standard InChI is InChI=1S/C23H34NO6P/c1-15(2)29-31(25,30-16(3)4)23(24-19-11-9-17(5)10-12-19)18-13-20(26-6)22(28-8)21(14-18)27-7/h9-16,23-24H,1-8H3. The van der Waals surface area contributed by atoms with Gasteiger partial charge in [0.15, 0.2) is 17.3 Å². The average molecular weight is 452 g/mol. The number of hydrogen-bond donors (Lipinski definition) is 1. The zero-order chi connectivity index (χ0) is 23.2. The zero-order valence-corrected chi connectivity index (χ0v) is 20.5. The van der Waals surface area contributed by atoms with Crippen LogP contribution in [-0.4, -0.2) is 33.5 Å². The summed E-state index contributed by atoms with van der Waals surface area (Å²) in [6.07, 6.45) is -0.622. The minimum atomic E-state index is -3.69. The molecular weight excluding hydrogens is 417 g/mol. The summed E-state index contributed by atoms with van der Waals surface area (Å²) in [6, 6.07) is 11.3. The number of benzene rings is 2. The fourth-order valence-corrected chi connectivity index (χ4v) is 5.44. The molecule has 2 aromatic rings. The predicted octanol–water partition coefficient (Wildman–Crippen LogP) is 6.17. The van der Waals surface area contributed by atoms with E-state index >= 15 is 0 Å². The van der Waals surface area contributed by atoms with Gasteiger partial charge in [0.1, 0.15) is 0 Å². The molecule has 7 nitrogen and oxygen atoms in total. The van der Waals surface area contributed by atoms with Crippen molar-refractivity contribution in [2.45, 2.75) is 52.6 Å². The van der Waals surface area contributed by atoms with Crippen LogP contribution in [0.15, 0.2) is 36.4 Å². The number of rotatable bonds is 11. The molecule has 0 aliphatic carbocycles. The van der Waals surface area contributed by atoms with E-state index in [1.807, 2.05) is 58.9 Å². The zero-order valence-electron chi connectivity index (χ0n) is 19.6. The number of hydrogen-bond acceptors (Lipinski definition) is 7. The molecule has 1 unspecified atom stereocenters. The molecule has 1 N–H and O–H groups in total. The van der Waals surface area contributed by atoms with Crippen LogP contribution in [-0.2, 0) is 13.6 Å². The molecule has 0 amide bonds. The summed E-state index contributed by atoms with van der Waals surface area (Å²) in [5, 5.41) is 3.35. The maximum atomic E-state index is 14.1. The summed E-state index contributed by atoms with van der Waals surface area (Å²) in [5.41, 5.74) is 2.53. The van der Waals surface area contributed by atoms with Crippen molar-refractivity contribution in [3.8, 4) is 17.2 Å². The summed E-state index contributed by atoms with van der Waals surface area (Å²) in [4.78, 5) is 0. The van der Waals surface area contributed by atoms with Crippen molar-refractivity contribution in [3.63, 3.8) is 0 Å². The summed E-state index contributed by atoms with van der Waals surface area (Å²) in [6.45, 7) is 9.32. The Kier molecular flexibility index (Phi) is 8.80. The molecule has 0 spiro atoms. The lowest BCUT2D eigenvalue weighted by molar-refractivity contribution is 0.138. The van der Waals surface area contributed by atoms with Crippen molar-refractivity contribution in [1.29, 1.82) is 0 Å². The highest BCUT2D eigenvalue weighted by Crippen LogP contribution is 2.63. The molecule has 0 saturated carbocycles. The summed E-state index contributed by atoms with van der Waals surface area (Å²) >= 11 is 0. The minimum absolute atomic E-state index is 0.311. The number of ether oxygens (including phenoxy) is 3. The van der Waals surface area contributed by atoms with Crippen LogP contribution in [0, 0.1) is 6.92 Å². The Balaban J connectivity index is 2.68. The molecule has 0 aliphatic rings. The van der Waals surface area contributed by atoms with Crippen LogP contribution >= 0.6 is 7.60 Å². The van der Waals surface area contributed by atoms with Gasteiger partial charge in [-0.1, -0.05) is 17.7 Å².